The van der Waals surface area contributed by atoms with E-state index in [1.807, 2.05) is 13.0 Å². The molecule has 12 heavy (non-hydrogen) atoms. The highest BCUT2D eigenvalue weighted by Gasteiger charge is 1.96. The topological polar surface area (TPSA) is 78.5 Å². The van der Waals surface area contributed by atoms with E-state index in [1.54, 1.807) is 13.0 Å². The highest BCUT2D eigenvalue weighted by molar-refractivity contribution is 5.97. The second-order valence-electron chi connectivity index (χ2n) is 2.72. The minimum atomic E-state index is 0.0793. The zero-order chi connectivity index (χ0) is 9.14. The number of rotatable bonds is 2. The molecule has 1 aromatic heterocycles. The third kappa shape index (κ3) is 1.95. The fraction of sp³-hybridized carbons (Fsp3) is 0.250. The van der Waals surface area contributed by atoms with Gasteiger partial charge in [-0.25, -0.2) is 0 Å². The summed E-state index contributed by atoms with van der Waals surface area (Å²) in [6.45, 7) is 3.71. The Balaban J connectivity index is 2.87. The maximum atomic E-state index is 7.13. The van der Waals surface area contributed by atoms with E-state index < -0.39 is 0 Å². The summed E-state index contributed by atoms with van der Waals surface area (Å²) in [6, 6.07) is 1.90. The van der Waals surface area contributed by atoms with Crippen molar-refractivity contribution in [1.82, 2.24) is 10.2 Å². The van der Waals surface area contributed by atoms with Crippen molar-refractivity contribution in [3.8, 4) is 0 Å². The fourth-order valence-corrected chi connectivity index (χ4v) is 0.813. The Kier molecular flexibility index (Phi) is 2.28. The zero-order valence-electron chi connectivity index (χ0n) is 7.18. The number of aromatic nitrogens is 2. The number of nitrogens with one attached hydrogen (secondary N) is 2. The SMILES string of the molecule is C/C(=C/c1cc(C)[nH]n1)C(=N)N. The molecule has 0 atom stereocenters. The normalized spacial score (nSPS) is 11.7. The second kappa shape index (κ2) is 3.21. The minimum Gasteiger partial charge on any atom is -0.384 e. The first kappa shape index (κ1) is 8.52. The molecular weight excluding hydrogens is 152 g/mol. The Morgan fingerprint density at radius 1 is 1.75 bits per heavy atom. The van der Waals surface area contributed by atoms with Gasteiger partial charge in [0.05, 0.1) is 5.69 Å². The first-order chi connectivity index (χ1) is 5.59. The predicted molar refractivity (Wildman–Crippen MR) is 48.9 cm³/mol. The number of hydrogen-bond acceptors (Lipinski definition) is 2. The fourth-order valence-electron chi connectivity index (χ4n) is 0.813. The van der Waals surface area contributed by atoms with E-state index in [2.05, 4.69) is 10.2 Å². The Hall–Kier alpha value is -1.58. The molecule has 4 heteroatoms. The van der Waals surface area contributed by atoms with Crippen molar-refractivity contribution in [2.24, 2.45) is 5.73 Å². The smallest absolute Gasteiger partial charge is 0.118 e. The van der Waals surface area contributed by atoms with Crippen LogP contribution >= 0.6 is 0 Å². The molecule has 0 aliphatic rings. The van der Waals surface area contributed by atoms with Gasteiger partial charge in [0.1, 0.15) is 5.84 Å². The Labute approximate surface area is 71.0 Å². The first-order valence-corrected chi connectivity index (χ1v) is 3.64. The number of nitrogens with two attached hydrogens (primary N) is 1. The lowest BCUT2D eigenvalue weighted by Gasteiger charge is -1.93. The molecule has 0 bridgehead atoms. The molecule has 1 rings (SSSR count). The van der Waals surface area contributed by atoms with Gasteiger partial charge in [-0.3, -0.25) is 10.5 Å². The maximum Gasteiger partial charge on any atom is 0.118 e. The first-order valence-electron chi connectivity index (χ1n) is 3.64. The van der Waals surface area contributed by atoms with Gasteiger partial charge < -0.3 is 5.73 Å². The molecule has 1 aromatic rings. The van der Waals surface area contributed by atoms with Crippen molar-refractivity contribution in [3.63, 3.8) is 0 Å². The molecule has 0 radical (unpaired) electrons. The second-order valence-corrected chi connectivity index (χ2v) is 2.72. The monoisotopic (exact) mass is 164 g/mol. The van der Waals surface area contributed by atoms with Crippen molar-refractivity contribution >= 4 is 11.9 Å². The Morgan fingerprint density at radius 3 is 2.83 bits per heavy atom. The summed E-state index contributed by atoms with van der Waals surface area (Å²) in [5, 5.41) is 13.9. The van der Waals surface area contributed by atoms with Crippen LogP contribution in [0.1, 0.15) is 18.3 Å². The maximum absolute atomic E-state index is 7.13. The number of H-pyrrole nitrogens is 1. The van der Waals surface area contributed by atoms with Crippen LogP contribution in [-0.2, 0) is 0 Å². The van der Waals surface area contributed by atoms with Gasteiger partial charge in [0.2, 0.25) is 0 Å². The van der Waals surface area contributed by atoms with E-state index in [1.165, 1.54) is 0 Å². The summed E-state index contributed by atoms with van der Waals surface area (Å²) in [4.78, 5) is 0. The molecule has 0 aliphatic heterocycles. The van der Waals surface area contributed by atoms with E-state index in [9.17, 15) is 0 Å². The summed E-state index contributed by atoms with van der Waals surface area (Å²) < 4.78 is 0. The molecule has 0 spiro atoms. The van der Waals surface area contributed by atoms with E-state index in [-0.39, 0.29) is 5.84 Å². The van der Waals surface area contributed by atoms with Gasteiger partial charge in [-0.2, -0.15) is 5.10 Å². The van der Waals surface area contributed by atoms with Crippen molar-refractivity contribution in [2.45, 2.75) is 13.8 Å². The third-order valence-electron chi connectivity index (χ3n) is 1.51. The number of nitrogens with zero attached hydrogens (tertiary/aromatic N) is 1. The lowest BCUT2D eigenvalue weighted by atomic mass is 10.2. The predicted octanol–water partition coefficient (Wildman–Crippen LogP) is 1.06. The van der Waals surface area contributed by atoms with Crippen LogP contribution in [0.3, 0.4) is 0 Å². The molecule has 0 unspecified atom stereocenters. The molecule has 0 saturated heterocycles. The van der Waals surface area contributed by atoms with Crippen molar-refractivity contribution in [3.05, 3.63) is 23.0 Å². The highest BCUT2D eigenvalue weighted by atomic mass is 15.1. The zero-order valence-corrected chi connectivity index (χ0v) is 7.18. The van der Waals surface area contributed by atoms with Gasteiger partial charge >= 0.3 is 0 Å². The van der Waals surface area contributed by atoms with Crippen LogP contribution < -0.4 is 5.73 Å². The van der Waals surface area contributed by atoms with Gasteiger partial charge in [0.15, 0.2) is 0 Å². The van der Waals surface area contributed by atoms with E-state index in [4.69, 9.17) is 11.1 Å². The van der Waals surface area contributed by atoms with Gasteiger partial charge in [0, 0.05) is 5.69 Å². The largest absolute Gasteiger partial charge is 0.384 e. The average Bonchev–Trinajstić information content (AvgIpc) is 2.35. The Morgan fingerprint density at radius 2 is 2.42 bits per heavy atom. The highest BCUT2D eigenvalue weighted by Crippen LogP contribution is 2.04. The van der Waals surface area contributed by atoms with E-state index in [0.717, 1.165) is 17.0 Å². The van der Waals surface area contributed by atoms with Crippen LogP contribution in [0.4, 0.5) is 0 Å². The van der Waals surface area contributed by atoms with Crippen LogP contribution in [0.2, 0.25) is 0 Å². The molecule has 0 amide bonds. The lowest BCUT2D eigenvalue weighted by molar-refractivity contribution is 1.04. The summed E-state index contributed by atoms with van der Waals surface area (Å²) in [7, 11) is 0. The van der Waals surface area contributed by atoms with Gasteiger partial charge in [-0.1, -0.05) is 0 Å². The number of aromatic amines is 1. The average molecular weight is 164 g/mol. The van der Waals surface area contributed by atoms with Crippen LogP contribution in [0.5, 0.6) is 0 Å². The molecule has 0 fully saturated rings. The molecule has 0 saturated carbocycles. The van der Waals surface area contributed by atoms with Crippen molar-refractivity contribution < 1.29 is 0 Å². The third-order valence-corrected chi connectivity index (χ3v) is 1.51. The van der Waals surface area contributed by atoms with Gasteiger partial charge in [0.25, 0.3) is 0 Å². The summed E-state index contributed by atoms with van der Waals surface area (Å²) in [5.74, 6) is 0.0793. The quantitative estimate of drug-likeness (QED) is 0.451. The number of amidine groups is 1. The lowest BCUT2D eigenvalue weighted by Crippen LogP contribution is -2.10. The number of aryl methyl sites for hydroxylation is 1. The molecule has 0 aliphatic carbocycles. The van der Waals surface area contributed by atoms with E-state index in [0.29, 0.717) is 0 Å². The molecule has 4 nitrogen and oxygen atoms in total. The summed E-state index contributed by atoms with van der Waals surface area (Å²) >= 11 is 0. The molecule has 64 valence electrons. The van der Waals surface area contributed by atoms with Crippen LogP contribution in [0.15, 0.2) is 11.6 Å². The van der Waals surface area contributed by atoms with Gasteiger partial charge in [-0.15, -0.1) is 0 Å². The molecule has 0 aromatic carbocycles. The van der Waals surface area contributed by atoms with Gasteiger partial charge in [-0.05, 0) is 31.6 Å². The minimum absolute atomic E-state index is 0.0793. The van der Waals surface area contributed by atoms with Crippen molar-refractivity contribution in [1.29, 1.82) is 5.41 Å². The molecule has 4 N–H and O–H groups in total. The molecular formula is C8H12N4. The summed E-state index contributed by atoms with van der Waals surface area (Å²) in [6.07, 6.45) is 1.77. The van der Waals surface area contributed by atoms with E-state index >= 15 is 0 Å². The van der Waals surface area contributed by atoms with Crippen LogP contribution in [-0.4, -0.2) is 16.0 Å². The molecule has 1 heterocycles. The van der Waals surface area contributed by atoms with Crippen molar-refractivity contribution in [2.75, 3.05) is 0 Å². The van der Waals surface area contributed by atoms with Crippen LogP contribution in [0, 0.1) is 12.3 Å². The summed E-state index contributed by atoms with van der Waals surface area (Å²) in [5.41, 5.74) is 7.79. The van der Waals surface area contributed by atoms with Crippen LogP contribution in [0.25, 0.3) is 6.08 Å². The Bertz CT molecular complexity index is 322. The standard InChI is InChI=1S/C8H12N4/c1-5(8(9)10)3-7-4-6(2)11-12-7/h3-4H,1-2H3,(H3,9,10)(H,11,12)/b5-3-. The number of hydrogen-bond donors (Lipinski definition) is 3.